The average Bonchev–Trinajstić information content (AvgIpc) is 3.28. The maximum atomic E-state index is 13.8. The second-order valence-corrected chi connectivity index (χ2v) is 7.15. The Morgan fingerprint density at radius 1 is 1.19 bits per heavy atom. The van der Waals surface area contributed by atoms with Crippen molar-refractivity contribution in [3.05, 3.63) is 82.1 Å². The smallest absolute Gasteiger partial charge is 0.252 e. The Hall–Kier alpha value is -2.63. The summed E-state index contributed by atoms with van der Waals surface area (Å²) in [6, 6.07) is 14.3. The number of para-hydroxylation sites is 1. The molecule has 2 aromatic carbocycles. The predicted octanol–water partition coefficient (Wildman–Crippen LogP) is 5.62. The summed E-state index contributed by atoms with van der Waals surface area (Å²) in [6.45, 7) is 0.0443. The monoisotopic (exact) mass is 384 g/mol. The molecule has 0 saturated heterocycles. The Balaban J connectivity index is 1.53. The van der Waals surface area contributed by atoms with Crippen LogP contribution in [0.2, 0.25) is 5.02 Å². The zero-order chi connectivity index (χ0) is 18.1. The van der Waals surface area contributed by atoms with Crippen LogP contribution in [0.25, 0.3) is 21.3 Å². The Labute approximate surface area is 158 Å². The lowest BCUT2D eigenvalue weighted by molar-refractivity contribution is 0.0951. The van der Waals surface area contributed by atoms with Gasteiger partial charge in [0.1, 0.15) is 5.82 Å². The summed E-state index contributed by atoms with van der Waals surface area (Å²) >= 11 is 7.49. The summed E-state index contributed by atoms with van der Waals surface area (Å²) in [6.07, 6.45) is 1.94. The van der Waals surface area contributed by atoms with Crippen LogP contribution in [0.5, 0.6) is 0 Å². The summed E-state index contributed by atoms with van der Waals surface area (Å²) < 4.78 is 13.8. The maximum Gasteiger partial charge on any atom is 0.252 e. The molecule has 0 aliphatic heterocycles. The number of carbonyl (C=O) groups excluding carboxylic acids is 1. The van der Waals surface area contributed by atoms with Crippen LogP contribution >= 0.6 is 22.9 Å². The Morgan fingerprint density at radius 3 is 2.88 bits per heavy atom. The molecular weight excluding hydrogens is 371 g/mol. The second kappa shape index (κ2) is 6.94. The highest BCUT2D eigenvalue weighted by Crippen LogP contribution is 2.33. The molecule has 0 saturated carbocycles. The number of rotatable bonds is 4. The molecule has 1 amide bonds. The van der Waals surface area contributed by atoms with Gasteiger partial charge in [-0.15, -0.1) is 11.3 Å². The van der Waals surface area contributed by atoms with Gasteiger partial charge in [-0.2, -0.15) is 0 Å². The highest BCUT2D eigenvalue weighted by molar-refractivity contribution is 7.14. The van der Waals surface area contributed by atoms with E-state index in [4.69, 9.17) is 11.6 Å². The first-order chi connectivity index (χ1) is 12.6. The molecule has 26 heavy (non-hydrogen) atoms. The van der Waals surface area contributed by atoms with Crippen molar-refractivity contribution < 1.29 is 9.18 Å². The van der Waals surface area contributed by atoms with Crippen molar-refractivity contribution in [1.29, 1.82) is 0 Å². The number of fused-ring (bicyclic) bond motifs is 1. The lowest BCUT2D eigenvalue weighted by Crippen LogP contribution is -2.23. The predicted molar refractivity (Wildman–Crippen MR) is 104 cm³/mol. The number of H-pyrrole nitrogens is 1. The van der Waals surface area contributed by atoms with Gasteiger partial charge in [-0.3, -0.25) is 4.79 Å². The molecule has 2 heterocycles. The van der Waals surface area contributed by atoms with Gasteiger partial charge in [-0.05, 0) is 24.3 Å². The highest BCUT2D eigenvalue weighted by atomic mass is 35.5. The lowest BCUT2D eigenvalue weighted by Gasteiger charge is -2.07. The van der Waals surface area contributed by atoms with Crippen LogP contribution < -0.4 is 5.32 Å². The van der Waals surface area contributed by atoms with E-state index < -0.39 is 5.82 Å². The third-order valence-corrected chi connectivity index (χ3v) is 5.52. The molecule has 3 nitrogen and oxygen atoms in total. The van der Waals surface area contributed by atoms with Crippen molar-refractivity contribution in [2.24, 2.45) is 0 Å². The van der Waals surface area contributed by atoms with Crippen LogP contribution in [0.4, 0.5) is 4.39 Å². The van der Waals surface area contributed by atoms with Gasteiger partial charge in [0.2, 0.25) is 0 Å². The normalized spacial score (nSPS) is 11.0. The molecule has 4 rings (SSSR count). The summed E-state index contributed by atoms with van der Waals surface area (Å²) in [4.78, 5) is 16.6. The first kappa shape index (κ1) is 16.8. The van der Waals surface area contributed by atoms with E-state index in [1.807, 2.05) is 36.5 Å². The summed E-state index contributed by atoms with van der Waals surface area (Å²) in [5.74, 6) is -0.686. The zero-order valence-electron chi connectivity index (χ0n) is 13.6. The van der Waals surface area contributed by atoms with Gasteiger partial charge in [0.15, 0.2) is 0 Å². The molecule has 2 aromatic heterocycles. The number of halogens is 2. The van der Waals surface area contributed by atoms with E-state index in [1.54, 1.807) is 11.4 Å². The Morgan fingerprint density at radius 2 is 2.04 bits per heavy atom. The van der Waals surface area contributed by atoms with Gasteiger partial charge in [0.05, 0.1) is 5.56 Å². The molecule has 0 radical (unpaired) electrons. The van der Waals surface area contributed by atoms with E-state index in [0.29, 0.717) is 10.6 Å². The molecule has 6 heteroatoms. The minimum atomic E-state index is -0.428. The van der Waals surface area contributed by atoms with Crippen LogP contribution in [-0.2, 0) is 6.54 Å². The van der Waals surface area contributed by atoms with Crippen LogP contribution in [0.1, 0.15) is 15.9 Å². The standard InChI is InChI=1S/C20H14ClFN2OS/c21-16-5-3-6-17(22)15(16)10-24-20(25)12-8-19(26-11-12)14-9-23-18-7-2-1-4-13(14)18/h1-9,11,23H,10H2,(H,24,25). The minimum absolute atomic E-state index is 0.0443. The number of thiophene rings is 1. The number of aromatic nitrogens is 1. The van der Waals surface area contributed by atoms with Crippen molar-refractivity contribution in [1.82, 2.24) is 10.3 Å². The number of benzene rings is 2. The molecule has 0 aliphatic rings. The zero-order valence-corrected chi connectivity index (χ0v) is 15.1. The van der Waals surface area contributed by atoms with Gasteiger partial charge in [-0.25, -0.2) is 4.39 Å². The van der Waals surface area contributed by atoms with E-state index in [0.717, 1.165) is 21.3 Å². The van der Waals surface area contributed by atoms with Crippen LogP contribution in [0.15, 0.2) is 60.1 Å². The second-order valence-electron chi connectivity index (χ2n) is 5.83. The van der Waals surface area contributed by atoms with Crippen molar-refractivity contribution in [3.8, 4) is 10.4 Å². The largest absolute Gasteiger partial charge is 0.361 e. The molecule has 0 fully saturated rings. The van der Waals surface area contributed by atoms with Gasteiger partial charge < -0.3 is 10.3 Å². The topological polar surface area (TPSA) is 44.9 Å². The average molecular weight is 385 g/mol. The van der Waals surface area contributed by atoms with E-state index in [2.05, 4.69) is 10.3 Å². The third kappa shape index (κ3) is 3.11. The number of hydrogen-bond donors (Lipinski definition) is 2. The van der Waals surface area contributed by atoms with E-state index >= 15 is 0 Å². The van der Waals surface area contributed by atoms with Crippen molar-refractivity contribution in [2.45, 2.75) is 6.54 Å². The van der Waals surface area contributed by atoms with Crippen molar-refractivity contribution in [3.63, 3.8) is 0 Å². The maximum absolute atomic E-state index is 13.8. The Kier molecular flexibility index (Phi) is 4.49. The molecule has 0 atom stereocenters. The SMILES string of the molecule is O=C(NCc1c(F)cccc1Cl)c1csc(-c2c[nH]c3ccccc23)c1. The first-order valence-corrected chi connectivity index (χ1v) is 9.25. The quantitative estimate of drug-likeness (QED) is 0.471. The van der Waals surface area contributed by atoms with E-state index in [-0.39, 0.29) is 18.0 Å². The van der Waals surface area contributed by atoms with Gasteiger partial charge >= 0.3 is 0 Å². The number of amides is 1. The van der Waals surface area contributed by atoms with Crippen molar-refractivity contribution >= 4 is 39.7 Å². The number of nitrogens with one attached hydrogen (secondary N) is 2. The van der Waals surface area contributed by atoms with Crippen LogP contribution in [0, 0.1) is 5.82 Å². The fourth-order valence-corrected chi connectivity index (χ4v) is 3.99. The molecule has 4 aromatic rings. The summed E-state index contributed by atoms with van der Waals surface area (Å²) in [5, 5.41) is 5.94. The number of hydrogen-bond acceptors (Lipinski definition) is 2. The molecule has 0 spiro atoms. The summed E-state index contributed by atoms with van der Waals surface area (Å²) in [5.41, 5.74) is 2.94. The molecule has 130 valence electrons. The van der Waals surface area contributed by atoms with Crippen molar-refractivity contribution in [2.75, 3.05) is 0 Å². The summed E-state index contributed by atoms with van der Waals surface area (Å²) in [7, 11) is 0. The fourth-order valence-electron chi connectivity index (χ4n) is 2.84. The highest BCUT2D eigenvalue weighted by Gasteiger charge is 2.14. The molecule has 0 unspecified atom stereocenters. The van der Waals surface area contributed by atoms with E-state index in [9.17, 15) is 9.18 Å². The van der Waals surface area contributed by atoms with Crippen LogP contribution in [-0.4, -0.2) is 10.9 Å². The number of aromatic amines is 1. The first-order valence-electron chi connectivity index (χ1n) is 7.99. The molecule has 0 aliphatic carbocycles. The van der Waals surface area contributed by atoms with Gasteiger partial charge in [0.25, 0.3) is 5.91 Å². The lowest BCUT2D eigenvalue weighted by atomic mass is 10.1. The van der Waals surface area contributed by atoms with E-state index in [1.165, 1.54) is 23.5 Å². The number of carbonyl (C=O) groups is 1. The Bertz CT molecular complexity index is 1080. The van der Waals surface area contributed by atoms with Gasteiger partial charge in [-0.1, -0.05) is 35.9 Å². The fraction of sp³-hybridized carbons (Fsp3) is 0.0500. The third-order valence-electron chi connectivity index (χ3n) is 4.20. The molecular formula is C20H14ClFN2OS. The molecule has 0 bridgehead atoms. The minimum Gasteiger partial charge on any atom is -0.361 e. The van der Waals surface area contributed by atoms with Crippen LogP contribution in [0.3, 0.4) is 0 Å². The molecule has 2 N–H and O–H groups in total. The van der Waals surface area contributed by atoms with Gasteiger partial charge in [0, 0.05) is 50.1 Å².